The maximum Gasteiger partial charge on any atom is 0.225 e. The van der Waals surface area contributed by atoms with Gasteiger partial charge in [-0.3, -0.25) is 9.59 Å². The molecule has 3 atom stereocenters. The molecule has 0 bridgehead atoms. The molecule has 1 aromatic carbocycles. The van der Waals surface area contributed by atoms with E-state index in [-0.39, 0.29) is 41.8 Å². The second-order valence-electron chi connectivity index (χ2n) is 8.80. The molecule has 158 valence electrons. The molecule has 2 aliphatic heterocycles. The third-order valence-corrected chi connectivity index (χ3v) is 8.51. The Morgan fingerprint density at radius 3 is 2.45 bits per heavy atom. The maximum absolute atomic E-state index is 13.1. The lowest BCUT2D eigenvalue weighted by molar-refractivity contribution is -0.130. The van der Waals surface area contributed by atoms with E-state index in [2.05, 4.69) is 17.4 Å². The fourth-order valence-electron chi connectivity index (χ4n) is 5.15. The fraction of sp³-hybridized carbons (Fsp3) is 0.636. The summed E-state index contributed by atoms with van der Waals surface area (Å²) in [4.78, 5) is 27.2. The SMILES string of the molecule is O=C(N[C@H](c1ccccc1)C1CCCCC1)[C@@H]1CC(=O)N([C@H]2CCS(=O)(=O)C2)C1. The Hall–Kier alpha value is -1.89. The van der Waals surface area contributed by atoms with Crippen LogP contribution in [-0.2, 0) is 19.4 Å². The van der Waals surface area contributed by atoms with E-state index >= 15 is 0 Å². The lowest BCUT2D eigenvalue weighted by atomic mass is 9.81. The smallest absolute Gasteiger partial charge is 0.225 e. The van der Waals surface area contributed by atoms with Crippen molar-refractivity contribution >= 4 is 21.7 Å². The van der Waals surface area contributed by atoms with Crippen molar-refractivity contribution in [3.05, 3.63) is 35.9 Å². The summed E-state index contributed by atoms with van der Waals surface area (Å²) in [6.07, 6.45) is 6.50. The second kappa shape index (κ2) is 8.46. The average Bonchev–Trinajstić information content (AvgIpc) is 3.29. The van der Waals surface area contributed by atoms with Crippen molar-refractivity contribution in [2.24, 2.45) is 11.8 Å². The lowest BCUT2D eigenvalue weighted by Gasteiger charge is -2.32. The van der Waals surface area contributed by atoms with E-state index in [0.29, 0.717) is 18.9 Å². The van der Waals surface area contributed by atoms with Crippen molar-refractivity contribution in [1.29, 1.82) is 0 Å². The van der Waals surface area contributed by atoms with Gasteiger partial charge < -0.3 is 10.2 Å². The molecule has 3 fully saturated rings. The number of carbonyl (C=O) groups is 2. The Morgan fingerprint density at radius 1 is 1.07 bits per heavy atom. The van der Waals surface area contributed by atoms with Gasteiger partial charge in [-0.15, -0.1) is 0 Å². The number of carbonyl (C=O) groups excluding carboxylic acids is 2. The molecule has 2 saturated heterocycles. The number of hydrogen-bond acceptors (Lipinski definition) is 4. The zero-order valence-corrected chi connectivity index (χ0v) is 17.6. The highest BCUT2D eigenvalue weighted by molar-refractivity contribution is 7.91. The van der Waals surface area contributed by atoms with Crippen LogP contribution in [0.2, 0.25) is 0 Å². The highest BCUT2D eigenvalue weighted by atomic mass is 32.2. The molecule has 1 saturated carbocycles. The third-order valence-electron chi connectivity index (χ3n) is 6.76. The molecule has 2 heterocycles. The largest absolute Gasteiger partial charge is 0.349 e. The first-order valence-electron chi connectivity index (χ1n) is 10.8. The van der Waals surface area contributed by atoms with Crippen LogP contribution < -0.4 is 5.32 Å². The van der Waals surface area contributed by atoms with Gasteiger partial charge in [0.15, 0.2) is 9.84 Å². The van der Waals surface area contributed by atoms with Gasteiger partial charge in [-0.1, -0.05) is 49.6 Å². The number of amides is 2. The van der Waals surface area contributed by atoms with Crippen LogP contribution in [-0.4, -0.2) is 49.2 Å². The summed E-state index contributed by atoms with van der Waals surface area (Å²) in [7, 11) is -3.06. The molecule has 0 radical (unpaired) electrons. The fourth-order valence-corrected chi connectivity index (χ4v) is 6.88. The van der Waals surface area contributed by atoms with Gasteiger partial charge in [0, 0.05) is 19.0 Å². The first kappa shape index (κ1) is 20.4. The summed E-state index contributed by atoms with van der Waals surface area (Å²) in [5.41, 5.74) is 1.12. The lowest BCUT2D eigenvalue weighted by Crippen LogP contribution is -2.41. The molecule has 1 aromatic rings. The molecule has 1 aliphatic carbocycles. The molecule has 7 heteroatoms. The summed E-state index contributed by atoms with van der Waals surface area (Å²) in [6.45, 7) is 0.330. The molecule has 0 unspecified atom stereocenters. The van der Waals surface area contributed by atoms with Gasteiger partial charge >= 0.3 is 0 Å². The van der Waals surface area contributed by atoms with Crippen LogP contribution in [0, 0.1) is 11.8 Å². The summed E-state index contributed by atoms with van der Waals surface area (Å²) >= 11 is 0. The minimum absolute atomic E-state index is 0.0278. The van der Waals surface area contributed by atoms with E-state index < -0.39 is 15.8 Å². The second-order valence-corrected chi connectivity index (χ2v) is 11.0. The van der Waals surface area contributed by atoms with Crippen LogP contribution >= 0.6 is 0 Å². The Kier molecular flexibility index (Phi) is 5.95. The predicted octanol–water partition coefficient (Wildman–Crippen LogP) is 2.46. The molecular formula is C22H30N2O4S. The number of hydrogen-bond donors (Lipinski definition) is 1. The Bertz CT molecular complexity index is 849. The van der Waals surface area contributed by atoms with Crippen molar-refractivity contribution in [3.63, 3.8) is 0 Å². The molecule has 6 nitrogen and oxygen atoms in total. The number of benzene rings is 1. The zero-order valence-electron chi connectivity index (χ0n) is 16.8. The summed E-state index contributed by atoms with van der Waals surface area (Å²) < 4.78 is 23.6. The standard InChI is InChI=1S/C22H30N2O4S/c25-20-13-18(14-24(20)19-11-12-29(27,28)15-19)22(26)23-21(16-7-3-1-4-8-16)17-9-5-2-6-10-17/h1,3-4,7-8,17-19,21H,2,5-6,9-15H2,(H,23,26)/t18-,19+,21-/m1/s1. The van der Waals surface area contributed by atoms with Crippen LogP contribution in [0.4, 0.5) is 0 Å². The third kappa shape index (κ3) is 4.65. The van der Waals surface area contributed by atoms with E-state index in [4.69, 9.17) is 0 Å². The van der Waals surface area contributed by atoms with Crippen LogP contribution in [0.15, 0.2) is 30.3 Å². The maximum atomic E-state index is 13.1. The normalized spacial score (nSPS) is 28.4. The number of nitrogens with one attached hydrogen (secondary N) is 1. The molecule has 3 aliphatic rings. The van der Waals surface area contributed by atoms with Gasteiger partial charge in [0.05, 0.1) is 23.5 Å². The molecule has 2 amide bonds. The zero-order chi connectivity index (χ0) is 20.4. The van der Waals surface area contributed by atoms with E-state index in [0.717, 1.165) is 18.4 Å². The van der Waals surface area contributed by atoms with Gasteiger partial charge in [-0.25, -0.2) is 8.42 Å². The van der Waals surface area contributed by atoms with Crippen molar-refractivity contribution in [2.45, 2.75) is 57.0 Å². The minimum atomic E-state index is -3.06. The molecule has 4 rings (SSSR count). The van der Waals surface area contributed by atoms with Gasteiger partial charge in [0.1, 0.15) is 0 Å². The van der Waals surface area contributed by atoms with Gasteiger partial charge in [-0.05, 0) is 30.7 Å². The van der Waals surface area contributed by atoms with Crippen molar-refractivity contribution in [3.8, 4) is 0 Å². The molecule has 1 N–H and O–H groups in total. The topological polar surface area (TPSA) is 83.6 Å². The molecule has 29 heavy (non-hydrogen) atoms. The van der Waals surface area contributed by atoms with E-state index in [1.54, 1.807) is 4.90 Å². The predicted molar refractivity (Wildman–Crippen MR) is 111 cm³/mol. The summed E-state index contributed by atoms with van der Waals surface area (Å²) in [6, 6.07) is 9.81. The van der Waals surface area contributed by atoms with Crippen LogP contribution in [0.5, 0.6) is 0 Å². The van der Waals surface area contributed by atoms with Crippen molar-refractivity contribution in [1.82, 2.24) is 10.2 Å². The highest BCUT2D eigenvalue weighted by Crippen LogP contribution is 2.35. The van der Waals surface area contributed by atoms with E-state index in [9.17, 15) is 18.0 Å². The Morgan fingerprint density at radius 2 is 1.79 bits per heavy atom. The highest BCUT2D eigenvalue weighted by Gasteiger charge is 2.42. The van der Waals surface area contributed by atoms with Gasteiger partial charge in [-0.2, -0.15) is 0 Å². The number of likely N-dealkylation sites (tertiary alicyclic amines) is 1. The Balaban J connectivity index is 1.44. The Labute approximate surface area is 173 Å². The van der Waals surface area contributed by atoms with Gasteiger partial charge in [0.2, 0.25) is 11.8 Å². The number of nitrogens with zero attached hydrogens (tertiary/aromatic N) is 1. The van der Waals surface area contributed by atoms with Crippen LogP contribution in [0.1, 0.15) is 56.6 Å². The minimum Gasteiger partial charge on any atom is -0.349 e. The van der Waals surface area contributed by atoms with E-state index in [1.165, 1.54) is 19.3 Å². The first-order valence-corrected chi connectivity index (χ1v) is 12.6. The summed E-state index contributed by atoms with van der Waals surface area (Å²) in [5, 5.41) is 3.26. The molecular weight excluding hydrogens is 388 g/mol. The quantitative estimate of drug-likeness (QED) is 0.796. The average molecular weight is 419 g/mol. The molecule has 0 aromatic heterocycles. The molecule has 0 spiro atoms. The van der Waals surface area contributed by atoms with Crippen LogP contribution in [0.3, 0.4) is 0 Å². The van der Waals surface area contributed by atoms with Crippen molar-refractivity contribution < 1.29 is 18.0 Å². The number of rotatable bonds is 5. The number of sulfone groups is 1. The monoisotopic (exact) mass is 418 g/mol. The summed E-state index contributed by atoms with van der Waals surface area (Å²) in [5.74, 6) is 0.00362. The van der Waals surface area contributed by atoms with Crippen molar-refractivity contribution in [2.75, 3.05) is 18.1 Å². The van der Waals surface area contributed by atoms with Crippen LogP contribution in [0.25, 0.3) is 0 Å². The van der Waals surface area contributed by atoms with Gasteiger partial charge in [0.25, 0.3) is 0 Å². The van der Waals surface area contributed by atoms with E-state index in [1.807, 2.05) is 18.2 Å². The first-order chi connectivity index (χ1) is 13.9.